The van der Waals surface area contributed by atoms with E-state index in [0.29, 0.717) is 17.3 Å². The Labute approximate surface area is 176 Å². The van der Waals surface area contributed by atoms with Gasteiger partial charge in [-0.1, -0.05) is 56.3 Å². The molecule has 1 aromatic carbocycles. The molecule has 0 aromatic heterocycles. The Hall–Kier alpha value is -1.12. The Bertz CT molecular complexity index is 772. The smallest absolute Gasteiger partial charge is 0.0887 e. The molecule has 2 heteroatoms. The molecule has 4 saturated carbocycles. The van der Waals surface area contributed by atoms with Crippen LogP contribution in [0.1, 0.15) is 77.2 Å². The third kappa shape index (κ3) is 2.97. The largest absolute Gasteiger partial charge is 0.393 e. The van der Waals surface area contributed by atoms with E-state index in [2.05, 4.69) is 50.3 Å². The van der Waals surface area contributed by atoms with Crippen molar-refractivity contribution in [2.75, 3.05) is 0 Å². The van der Waals surface area contributed by atoms with Gasteiger partial charge in [-0.15, -0.1) is 0 Å². The highest BCUT2D eigenvalue weighted by Gasteiger charge is 2.63. The average Bonchev–Trinajstić information content (AvgIpc) is 2.99. The first-order chi connectivity index (χ1) is 13.9. The summed E-state index contributed by atoms with van der Waals surface area (Å²) in [6, 6.07) is 10.4. The lowest BCUT2D eigenvalue weighted by Crippen LogP contribution is -2.56. The standard InChI is InChI=1S/C27H38O2/c1-25-14-11-21(28)18-20(25)8-9-22-23(25)12-15-26(2)24(22)13-17-27(26,29)16-10-19-6-4-3-5-7-19/h3-7,10,16,20-24,28-29H,8-9,11-15,17-18H2,1-2H3/b16-10+/t20-,21+,22+,23-,24+,25+,26+,27-/m0/s1. The maximum atomic E-state index is 11.8. The van der Waals surface area contributed by atoms with Crippen molar-refractivity contribution in [1.29, 1.82) is 0 Å². The summed E-state index contributed by atoms with van der Waals surface area (Å²) in [6.45, 7) is 4.93. The van der Waals surface area contributed by atoms with Gasteiger partial charge >= 0.3 is 0 Å². The van der Waals surface area contributed by atoms with Gasteiger partial charge in [0.25, 0.3) is 0 Å². The fourth-order valence-corrected chi connectivity index (χ4v) is 8.36. The minimum Gasteiger partial charge on any atom is -0.393 e. The lowest BCUT2D eigenvalue weighted by molar-refractivity contribution is -0.146. The molecule has 0 bridgehead atoms. The second-order valence-corrected chi connectivity index (χ2v) is 11.2. The van der Waals surface area contributed by atoms with E-state index in [1.165, 1.54) is 31.2 Å². The molecular formula is C27H38O2. The van der Waals surface area contributed by atoms with Crippen molar-refractivity contribution in [2.45, 2.75) is 83.3 Å². The van der Waals surface area contributed by atoms with Gasteiger partial charge in [0.1, 0.15) is 0 Å². The minimum atomic E-state index is -0.682. The highest BCUT2D eigenvalue weighted by molar-refractivity contribution is 5.51. The Morgan fingerprint density at radius 3 is 2.45 bits per heavy atom. The van der Waals surface area contributed by atoms with E-state index in [0.717, 1.165) is 43.9 Å². The van der Waals surface area contributed by atoms with Gasteiger partial charge in [-0.2, -0.15) is 0 Å². The van der Waals surface area contributed by atoms with Crippen LogP contribution in [0, 0.1) is 34.5 Å². The highest BCUT2D eigenvalue weighted by atomic mass is 16.3. The van der Waals surface area contributed by atoms with E-state index in [1.54, 1.807) is 0 Å². The summed E-state index contributed by atoms with van der Waals surface area (Å²) in [6.07, 6.45) is 14.4. The molecule has 4 aliphatic carbocycles. The maximum Gasteiger partial charge on any atom is 0.0887 e. The summed E-state index contributed by atoms with van der Waals surface area (Å²) in [5, 5.41) is 22.0. The van der Waals surface area contributed by atoms with Crippen molar-refractivity contribution in [1.82, 2.24) is 0 Å². The zero-order valence-electron chi connectivity index (χ0n) is 18.2. The Kier molecular flexibility index (Phi) is 4.75. The fraction of sp³-hybridized carbons (Fsp3) is 0.704. The van der Waals surface area contributed by atoms with Crippen LogP contribution in [0.3, 0.4) is 0 Å². The molecule has 2 nitrogen and oxygen atoms in total. The molecule has 4 fully saturated rings. The number of hydrogen-bond donors (Lipinski definition) is 2. The quantitative estimate of drug-likeness (QED) is 0.662. The zero-order chi connectivity index (χ0) is 20.3. The summed E-state index contributed by atoms with van der Waals surface area (Å²) in [4.78, 5) is 0. The van der Waals surface area contributed by atoms with Crippen LogP contribution < -0.4 is 0 Å². The van der Waals surface area contributed by atoms with E-state index in [-0.39, 0.29) is 11.5 Å². The van der Waals surface area contributed by atoms with Crippen LogP contribution in [0.25, 0.3) is 6.08 Å². The predicted octanol–water partition coefficient (Wildman–Crippen LogP) is 5.83. The summed E-state index contributed by atoms with van der Waals surface area (Å²) >= 11 is 0. The SMILES string of the molecule is C[C@@]12CC[C@@H](O)C[C@@H]1CC[C@H]1[C@H]3CC[C@@](O)(/C=C/c4ccccc4)[C@]3(C)CC[C@@H]12. The Balaban J connectivity index is 1.40. The van der Waals surface area contributed by atoms with Gasteiger partial charge in [0, 0.05) is 5.41 Å². The first-order valence-corrected chi connectivity index (χ1v) is 12.0. The molecule has 8 atom stereocenters. The van der Waals surface area contributed by atoms with Gasteiger partial charge < -0.3 is 10.2 Å². The van der Waals surface area contributed by atoms with E-state index < -0.39 is 5.60 Å². The van der Waals surface area contributed by atoms with Crippen LogP contribution in [0.2, 0.25) is 0 Å². The summed E-state index contributed by atoms with van der Waals surface area (Å²) < 4.78 is 0. The van der Waals surface area contributed by atoms with Gasteiger partial charge in [-0.3, -0.25) is 0 Å². The minimum absolute atomic E-state index is 0.00315. The van der Waals surface area contributed by atoms with Crippen LogP contribution in [0.5, 0.6) is 0 Å². The molecule has 29 heavy (non-hydrogen) atoms. The van der Waals surface area contributed by atoms with Gasteiger partial charge in [-0.05, 0) is 92.4 Å². The van der Waals surface area contributed by atoms with Crippen molar-refractivity contribution in [3.8, 4) is 0 Å². The first kappa shape index (κ1) is 19.8. The maximum absolute atomic E-state index is 11.8. The third-order valence-corrected chi connectivity index (χ3v) is 10.2. The molecular weight excluding hydrogens is 356 g/mol. The first-order valence-electron chi connectivity index (χ1n) is 12.0. The predicted molar refractivity (Wildman–Crippen MR) is 118 cm³/mol. The molecule has 0 radical (unpaired) electrons. The zero-order valence-corrected chi connectivity index (χ0v) is 18.2. The molecule has 0 saturated heterocycles. The molecule has 0 unspecified atom stereocenters. The van der Waals surface area contributed by atoms with Gasteiger partial charge in [-0.25, -0.2) is 0 Å². The molecule has 158 valence electrons. The van der Waals surface area contributed by atoms with Crippen LogP contribution in [-0.2, 0) is 0 Å². The number of aliphatic hydroxyl groups is 2. The number of benzene rings is 1. The van der Waals surface area contributed by atoms with E-state index in [4.69, 9.17) is 0 Å². The summed E-state index contributed by atoms with van der Waals surface area (Å²) in [5.41, 5.74) is 0.898. The number of hydrogen-bond acceptors (Lipinski definition) is 2. The molecule has 0 aliphatic heterocycles. The van der Waals surface area contributed by atoms with Gasteiger partial charge in [0.2, 0.25) is 0 Å². The Morgan fingerprint density at radius 1 is 0.897 bits per heavy atom. The summed E-state index contributed by atoms with van der Waals surface area (Å²) in [5.74, 6) is 2.88. The van der Waals surface area contributed by atoms with Crippen LogP contribution in [0.4, 0.5) is 0 Å². The normalized spacial score (nSPS) is 49.4. The van der Waals surface area contributed by atoms with Crippen LogP contribution >= 0.6 is 0 Å². The monoisotopic (exact) mass is 394 g/mol. The second-order valence-electron chi connectivity index (χ2n) is 11.2. The highest BCUT2D eigenvalue weighted by Crippen LogP contribution is 2.68. The average molecular weight is 395 g/mol. The number of aliphatic hydroxyl groups excluding tert-OH is 1. The van der Waals surface area contributed by atoms with Gasteiger partial charge in [0.15, 0.2) is 0 Å². The van der Waals surface area contributed by atoms with Gasteiger partial charge in [0.05, 0.1) is 11.7 Å². The molecule has 1 aromatic rings. The molecule has 2 N–H and O–H groups in total. The second kappa shape index (κ2) is 6.95. The van der Waals surface area contributed by atoms with Crippen molar-refractivity contribution < 1.29 is 10.2 Å². The van der Waals surface area contributed by atoms with E-state index >= 15 is 0 Å². The topological polar surface area (TPSA) is 40.5 Å². The third-order valence-electron chi connectivity index (χ3n) is 10.2. The van der Waals surface area contributed by atoms with Crippen LogP contribution in [-0.4, -0.2) is 21.9 Å². The van der Waals surface area contributed by atoms with Crippen LogP contribution in [0.15, 0.2) is 36.4 Å². The number of rotatable bonds is 2. The van der Waals surface area contributed by atoms with E-state index in [9.17, 15) is 10.2 Å². The van der Waals surface area contributed by atoms with E-state index in [1.807, 2.05) is 6.07 Å². The lowest BCUT2D eigenvalue weighted by atomic mass is 9.44. The Morgan fingerprint density at radius 2 is 1.66 bits per heavy atom. The molecule has 0 amide bonds. The van der Waals surface area contributed by atoms with Crippen molar-refractivity contribution in [3.63, 3.8) is 0 Å². The molecule has 0 heterocycles. The number of fused-ring (bicyclic) bond motifs is 5. The lowest BCUT2D eigenvalue weighted by Gasteiger charge is -2.61. The molecule has 5 rings (SSSR count). The van der Waals surface area contributed by atoms with Crippen molar-refractivity contribution in [3.05, 3.63) is 42.0 Å². The molecule has 0 spiro atoms. The summed E-state index contributed by atoms with van der Waals surface area (Å²) in [7, 11) is 0. The molecule has 4 aliphatic rings. The van der Waals surface area contributed by atoms with Crippen molar-refractivity contribution in [2.24, 2.45) is 34.5 Å². The van der Waals surface area contributed by atoms with Crippen molar-refractivity contribution >= 4 is 6.08 Å². The fourth-order valence-electron chi connectivity index (χ4n) is 8.36.